The zero-order valence-corrected chi connectivity index (χ0v) is 30.2. The first-order chi connectivity index (χ1) is 26.8. The third-order valence-corrected chi connectivity index (χ3v) is 12.2. The van der Waals surface area contributed by atoms with Crippen molar-refractivity contribution in [3.8, 4) is 22.3 Å². The van der Waals surface area contributed by atoms with Crippen molar-refractivity contribution in [1.29, 1.82) is 0 Å². The van der Waals surface area contributed by atoms with E-state index in [0.29, 0.717) is 0 Å². The van der Waals surface area contributed by atoms with E-state index in [1.807, 2.05) is 11.3 Å². The monoisotopic (exact) mass is 703 g/mol. The van der Waals surface area contributed by atoms with Crippen molar-refractivity contribution in [3.05, 3.63) is 200 Å². The smallest absolute Gasteiger partial charge is 0.0646 e. The summed E-state index contributed by atoms with van der Waals surface area (Å²) in [7, 11) is 0. The van der Waals surface area contributed by atoms with E-state index in [4.69, 9.17) is 0 Å². The molecule has 0 spiro atoms. The molecule has 0 fully saturated rings. The SMILES string of the molecule is c1ccc(-c2ccc(N(c3ccc(-c4cccc5c4ccc4c6ccccc6ccc54)cc3)c3cc4ccccc4c4c3sc3ccccc34)cc2)cc1. The number of benzene rings is 10. The molecule has 0 unspecified atom stereocenters. The molecule has 0 atom stereocenters. The first-order valence-corrected chi connectivity index (χ1v) is 19.3. The number of hydrogen-bond acceptors (Lipinski definition) is 2. The summed E-state index contributed by atoms with van der Waals surface area (Å²) in [6.07, 6.45) is 0. The Morgan fingerprint density at radius 2 is 0.889 bits per heavy atom. The lowest BCUT2D eigenvalue weighted by Gasteiger charge is -2.27. The highest BCUT2D eigenvalue weighted by Crippen LogP contribution is 2.48. The Hall–Kier alpha value is -6.74. The summed E-state index contributed by atoms with van der Waals surface area (Å²) in [4.78, 5) is 2.45. The highest BCUT2D eigenvalue weighted by Gasteiger charge is 2.21. The van der Waals surface area contributed by atoms with Gasteiger partial charge in [0, 0.05) is 26.8 Å². The van der Waals surface area contributed by atoms with Crippen molar-refractivity contribution in [2.24, 2.45) is 0 Å². The fraction of sp³-hybridized carbons (Fsp3) is 0. The largest absolute Gasteiger partial charge is 0.309 e. The molecule has 2 heteroatoms. The molecular weight excluding hydrogens is 671 g/mol. The number of nitrogens with zero attached hydrogens (tertiary/aromatic N) is 1. The molecule has 0 saturated heterocycles. The van der Waals surface area contributed by atoms with Crippen LogP contribution >= 0.6 is 11.3 Å². The van der Waals surface area contributed by atoms with Gasteiger partial charge in [-0.3, -0.25) is 0 Å². The predicted molar refractivity (Wildman–Crippen MR) is 235 cm³/mol. The molecular formula is C52H33NS. The van der Waals surface area contributed by atoms with Gasteiger partial charge in [0.05, 0.1) is 10.4 Å². The quantitative estimate of drug-likeness (QED) is 0.161. The maximum Gasteiger partial charge on any atom is 0.0646 e. The Morgan fingerprint density at radius 1 is 0.333 bits per heavy atom. The predicted octanol–water partition coefficient (Wildman–Crippen LogP) is 15.5. The molecule has 10 aromatic carbocycles. The number of hydrogen-bond donors (Lipinski definition) is 0. The fourth-order valence-corrected chi connectivity index (χ4v) is 9.70. The molecule has 1 heterocycles. The van der Waals surface area contributed by atoms with Crippen LogP contribution in [0.15, 0.2) is 200 Å². The van der Waals surface area contributed by atoms with Crippen LogP contribution < -0.4 is 4.90 Å². The minimum Gasteiger partial charge on any atom is -0.309 e. The number of rotatable bonds is 5. The molecule has 1 nitrogen and oxygen atoms in total. The van der Waals surface area contributed by atoms with Crippen LogP contribution in [-0.4, -0.2) is 0 Å². The summed E-state index contributed by atoms with van der Waals surface area (Å²) in [5.74, 6) is 0. The third kappa shape index (κ3) is 4.92. The van der Waals surface area contributed by atoms with Crippen molar-refractivity contribution >= 4 is 91.7 Å². The van der Waals surface area contributed by atoms with E-state index in [2.05, 4.69) is 205 Å². The number of anilines is 3. The molecule has 0 aliphatic rings. The van der Waals surface area contributed by atoms with Crippen LogP contribution in [0.4, 0.5) is 17.1 Å². The van der Waals surface area contributed by atoms with Gasteiger partial charge in [0.15, 0.2) is 0 Å². The molecule has 0 bridgehead atoms. The Balaban J connectivity index is 1.09. The lowest BCUT2D eigenvalue weighted by atomic mass is 9.92. The molecule has 11 rings (SSSR count). The maximum absolute atomic E-state index is 2.45. The van der Waals surface area contributed by atoms with Gasteiger partial charge in [-0.1, -0.05) is 164 Å². The van der Waals surface area contributed by atoms with E-state index in [-0.39, 0.29) is 0 Å². The second kappa shape index (κ2) is 12.4. The van der Waals surface area contributed by atoms with Crippen molar-refractivity contribution in [2.75, 3.05) is 4.90 Å². The van der Waals surface area contributed by atoms with E-state index in [9.17, 15) is 0 Å². The fourth-order valence-electron chi connectivity index (χ4n) is 8.48. The Bertz CT molecular complexity index is 3190. The maximum atomic E-state index is 2.45. The van der Waals surface area contributed by atoms with Crippen molar-refractivity contribution in [3.63, 3.8) is 0 Å². The molecule has 0 amide bonds. The first kappa shape index (κ1) is 30.8. The topological polar surface area (TPSA) is 3.24 Å². The van der Waals surface area contributed by atoms with E-state index in [1.165, 1.54) is 91.2 Å². The molecule has 0 N–H and O–H groups in total. The van der Waals surface area contributed by atoms with E-state index < -0.39 is 0 Å². The van der Waals surface area contributed by atoms with Crippen LogP contribution in [0, 0.1) is 0 Å². The summed E-state index contributed by atoms with van der Waals surface area (Å²) in [6, 6.07) is 73.4. The highest BCUT2D eigenvalue weighted by molar-refractivity contribution is 7.26. The summed E-state index contributed by atoms with van der Waals surface area (Å²) >= 11 is 1.88. The molecule has 0 aliphatic carbocycles. The van der Waals surface area contributed by atoms with Crippen LogP contribution in [0.2, 0.25) is 0 Å². The first-order valence-electron chi connectivity index (χ1n) is 18.5. The summed E-state index contributed by atoms with van der Waals surface area (Å²) in [5, 5.41) is 12.9. The van der Waals surface area contributed by atoms with Gasteiger partial charge in [-0.05, 0) is 102 Å². The summed E-state index contributed by atoms with van der Waals surface area (Å²) in [6.45, 7) is 0. The second-order valence-corrected chi connectivity index (χ2v) is 15.1. The van der Waals surface area contributed by atoms with Gasteiger partial charge < -0.3 is 4.90 Å². The molecule has 0 aliphatic heterocycles. The van der Waals surface area contributed by atoms with E-state index >= 15 is 0 Å². The number of thiophene rings is 1. The standard InChI is InChI=1S/C52H33NS/c1-2-11-34(12-3-1)35-21-26-39(27-22-35)53(49-33-38-14-5-7-16-43(38)51-48-17-8-9-20-50(48)54-52(49)51)40-28-23-37(24-29-40)42-18-10-19-44-45(42)31-32-46-41-15-6-4-13-36(41)25-30-47(44)46/h1-33H. The second-order valence-electron chi connectivity index (χ2n) is 14.1. The van der Waals surface area contributed by atoms with Gasteiger partial charge in [-0.15, -0.1) is 11.3 Å². The molecule has 252 valence electrons. The minimum atomic E-state index is 1.12. The number of fused-ring (bicyclic) bond motifs is 10. The summed E-state index contributed by atoms with van der Waals surface area (Å²) in [5.41, 5.74) is 8.30. The zero-order valence-electron chi connectivity index (χ0n) is 29.4. The van der Waals surface area contributed by atoms with Gasteiger partial charge in [0.1, 0.15) is 0 Å². The molecule has 1 aromatic heterocycles. The molecule has 54 heavy (non-hydrogen) atoms. The van der Waals surface area contributed by atoms with Crippen LogP contribution in [0.1, 0.15) is 0 Å². The third-order valence-electron chi connectivity index (χ3n) is 11.0. The Morgan fingerprint density at radius 3 is 1.69 bits per heavy atom. The minimum absolute atomic E-state index is 1.12. The highest BCUT2D eigenvalue weighted by atomic mass is 32.1. The normalized spacial score (nSPS) is 11.7. The van der Waals surface area contributed by atoms with Gasteiger partial charge in [-0.25, -0.2) is 0 Å². The Labute approximate surface area is 317 Å². The van der Waals surface area contributed by atoms with Gasteiger partial charge in [-0.2, -0.15) is 0 Å². The van der Waals surface area contributed by atoms with Crippen LogP contribution in [0.5, 0.6) is 0 Å². The average Bonchev–Trinajstić information content (AvgIpc) is 3.64. The lowest BCUT2D eigenvalue weighted by molar-refractivity contribution is 1.30. The summed E-state index contributed by atoms with van der Waals surface area (Å²) < 4.78 is 2.59. The molecule has 11 aromatic rings. The van der Waals surface area contributed by atoms with Gasteiger partial charge >= 0.3 is 0 Å². The van der Waals surface area contributed by atoms with Crippen molar-refractivity contribution < 1.29 is 0 Å². The lowest BCUT2D eigenvalue weighted by Crippen LogP contribution is -2.10. The van der Waals surface area contributed by atoms with E-state index in [1.54, 1.807) is 0 Å². The zero-order chi connectivity index (χ0) is 35.6. The van der Waals surface area contributed by atoms with Gasteiger partial charge in [0.25, 0.3) is 0 Å². The van der Waals surface area contributed by atoms with Crippen LogP contribution in [-0.2, 0) is 0 Å². The van der Waals surface area contributed by atoms with Crippen molar-refractivity contribution in [1.82, 2.24) is 0 Å². The molecule has 0 saturated carbocycles. The molecule has 0 radical (unpaired) electrons. The van der Waals surface area contributed by atoms with Gasteiger partial charge in [0.2, 0.25) is 0 Å². The van der Waals surface area contributed by atoms with Crippen LogP contribution in [0.3, 0.4) is 0 Å². The van der Waals surface area contributed by atoms with E-state index in [0.717, 1.165) is 11.4 Å². The average molecular weight is 704 g/mol. The Kier molecular flexibility index (Phi) is 7.11. The van der Waals surface area contributed by atoms with Crippen molar-refractivity contribution in [2.45, 2.75) is 0 Å². The van der Waals surface area contributed by atoms with Crippen LogP contribution in [0.25, 0.3) is 85.5 Å².